The van der Waals surface area contributed by atoms with Gasteiger partial charge < -0.3 is 9.84 Å². The summed E-state index contributed by atoms with van der Waals surface area (Å²) in [5, 5.41) is 11.0. The fraction of sp³-hybridized carbons (Fsp3) is 0.357. The third-order valence-corrected chi connectivity index (χ3v) is 8.35. The fourth-order valence-corrected chi connectivity index (χ4v) is 6.31. The van der Waals surface area contributed by atoms with Crippen molar-refractivity contribution in [1.29, 1.82) is 0 Å². The van der Waals surface area contributed by atoms with Gasteiger partial charge in [-0.3, -0.25) is 9.59 Å². The van der Waals surface area contributed by atoms with E-state index in [-0.39, 0.29) is 23.9 Å². The Labute approximate surface area is 198 Å². The molecule has 0 radical (unpaired) electrons. The SMILES string of the molecule is O=C1CC(CCc2ccc(O)cc2)(C2CCCC2)OC(=O)C1Sc1ccc2ccccc2c1. The number of fused-ring (bicyclic) bond motifs is 1. The average Bonchev–Trinajstić information content (AvgIpc) is 3.37. The maximum atomic E-state index is 13.3. The lowest BCUT2D eigenvalue weighted by Gasteiger charge is -2.43. The van der Waals surface area contributed by atoms with Gasteiger partial charge in [0.15, 0.2) is 11.0 Å². The number of cyclic esters (lactones) is 1. The van der Waals surface area contributed by atoms with Crippen LogP contribution in [-0.4, -0.2) is 27.7 Å². The van der Waals surface area contributed by atoms with Gasteiger partial charge in [0.25, 0.3) is 0 Å². The Hall–Kier alpha value is -2.79. The normalized spacial score (nSPS) is 23.7. The summed E-state index contributed by atoms with van der Waals surface area (Å²) >= 11 is 1.30. The van der Waals surface area contributed by atoms with Gasteiger partial charge in [0.2, 0.25) is 0 Å². The summed E-state index contributed by atoms with van der Waals surface area (Å²) in [6.45, 7) is 0. The first kappa shape index (κ1) is 22.0. The number of Topliss-reactive ketones (excluding diaryl/α,β-unsaturated/α-hetero) is 1. The Balaban J connectivity index is 1.34. The average molecular weight is 461 g/mol. The van der Waals surface area contributed by atoms with E-state index in [1.165, 1.54) is 11.8 Å². The molecule has 3 aromatic carbocycles. The van der Waals surface area contributed by atoms with Crippen molar-refractivity contribution in [2.24, 2.45) is 5.92 Å². The molecule has 1 saturated carbocycles. The number of ketones is 1. The molecule has 2 unspecified atom stereocenters. The molecule has 0 spiro atoms. The van der Waals surface area contributed by atoms with Crippen LogP contribution in [0.2, 0.25) is 0 Å². The van der Waals surface area contributed by atoms with E-state index in [4.69, 9.17) is 4.74 Å². The van der Waals surface area contributed by atoms with E-state index in [0.29, 0.717) is 12.8 Å². The summed E-state index contributed by atoms with van der Waals surface area (Å²) in [4.78, 5) is 27.5. The standard InChI is InChI=1S/C28H28O4S/c29-23-12-9-19(10-13-23)15-16-28(22-7-3-4-8-22)18-25(30)26(27(31)32-28)33-24-14-11-20-5-1-2-6-21(20)17-24/h1-2,5-6,9-14,17,22,26,29H,3-4,7-8,15-16,18H2. The molecule has 2 fully saturated rings. The lowest BCUT2D eigenvalue weighted by Crippen LogP contribution is -2.53. The number of aromatic hydroxyl groups is 1. The largest absolute Gasteiger partial charge is 0.508 e. The summed E-state index contributed by atoms with van der Waals surface area (Å²) in [6.07, 6.45) is 5.86. The van der Waals surface area contributed by atoms with Crippen molar-refractivity contribution in [1.82, 2.24) is 0 Å². The van der Waals surface area contributed by atoms with Crippen molar-refractivity contribution in [2.45, 2.75) is 60.7 Å². The highest BCUT2D eigenvalue weighted by molar-refractivity contribution is 8.01. The van der Waals surface area contributed by atoms with Gasteiger partial charge in [-0.05, 0) is 72.2 Å². The molecule has 5 rings (SSSR count). The molecule has 33 heavy (non-hydrogen) atoms. The minimum Gasteiger partial charge on any atom is -0.508 e. The van der Waals surface area contributed by atoms with Gasteiger partial charge in [-0.15, -0.1) is 11.8 Å². The second-order valence-corrected chi connectivity index (χ2v) is 10.5. The van der Waals surface area contributed by atoms with Gasteiger partial charge >= 0.3 is 5.97 Å². The number of esters is 1. The van der Waals surface area contributed by atoms with Crippen LogP contribution >= 0.6 is 11.8 Å². The van der Waals surface area contributed by atoms with Crippen LogP contribution in [0.25, 0.3) is 10.8 Å². The molecule has 1 aliphatic heterocycles. The number of thioether (sulfide) groups is 1. The molecule has 0 aromatic heterocycles. The highest BCUT2D eigenvalue weighted by Crippen LogP contribution is 2.46. The van der Waals surface area contributed by atoms with E-state index < -0.39 is 16.8 Å². The number of benzene rings is 3. The van der Waals surface area contributed by atoms with Crippen LogP contribution in [0.1, 0.15) is 44.1 Å². The zero-order valence-electron chi connectivity index (χ0n) is 18.5. The van der Waals surface area contributed by atoms with Crippen LogP contribution < -0.4 is 0 Å². The number of carbonyl (C=O) groups is 2. The maximum absolute atomic E-state index is 13.3. The van der Waals surface area contributed by atoms with Crippen molar-refractivity contribution >= 4 is 34.3 Å². The number of rotatable bonds is 6. The zero-order valence-corrected chi connectivity index (χ0v) is 19.4. The van der Waals surface area contributed by atoms with Crippen LogP contribution in [0.15, 0.2) is 71.6 Å². The Morgan fingerprint density at radius 3 is 2.39 bits per heavy atom. The lowest BCUT2D eigenvalue weighted by atomic mass is 9.76. The molecule has 4 nitrogen and oxygen atoms in total. The molecule has 0 amide bonds. The van der Waals surface area contributed by atoms with E-state index in [9.17, 15) is 14.7 Å². The number of aryl methyl sites for hydroxylation is 1. The maximum Gasteiger partial charge on any atom is 0.327 e. The van der Waals surface area contributed by atoms with Gasteiger partial charge in [0.05, 0.1) is 0 Å². The van der Waals surface area contributed by atoms with Crippen molar-refractivity contribution in [2.75, 3.05) is 0 Å². The zero-order chi connectivity index (χ0) is 22.8. The first-order valence-corrected chi connectivity index (χ1v) is 12.6. The van der Waals surface area contributed by atoms with Crippen molar-refractivity contribution in [3.8, 4) is 5.75 Å². The molecule has 170 valence electrons. The van der Waals surface area contributed by atoms with Gasteiger partial charge in [-0.25, -0.2) is 0 Å². The van der Waals surface area contributed by atoms with Crippen LogP contribution in [0.4, 0.5) is 0 Å². The van der Waals surface area contributed by atoms with Crippen molar-refractivity contribution in [3.63, 3.8) is 0 Å². The van der Waals surface area contributed by atoms with Gasteiger partial charge in [-0.2, -0.15) is 0 Å². The van der Waals surface area contributed by atoms with Gasteiger partial charge in [0.1, 0.15) is 11.4 Å². The molecular formula is C28H28O4S. The summed E-state index contributed by atoms with van der Waals surface area (Å²) < 4.78 is 6.22. The van der Waals surface area contributed by atoms with Crippen LogP contribution in [0, 0.1) is 5.92 Å². The highest BCUT2D eigenvalue weighted by Gasteiger charge is 2.51. The highest BCUT2D eigenvalue weighted by atomic mass is 32.2. The first-order chi connectivity index (χ1) is 16.0. The number of hydrogen-bond donors (Lipinski definition) is 1. The molecule has 0 bridgehead atoms. The van der Waals surface area contributed by atoms with E-state index in [0.717, 1.165) is 46.9 Å². The van der Waals surface area contributed by atoms with Gasteiger partial charge in [-0.1, -0.05) is 55.3 Å². The molecule has 2 aliphatic rings. The third kappa shape index (κ3) is 4.65. The van der Waals surface area contributed by atoms with Crippen molar-refractivity contribution in [3.05, 3.63) is 72.3 Å². The quantitative estimate of drug-likeness (QED) is 0.357. The predicted octanol–water partition coefficient (Wildman–Crippen LogP) is 6.08. The van der Waals surface area contributed by atoms with Crippen LogP contribution in [-0.2, 0) is 20.7 Å². The number of phenolic OH excluding ortho intramolecular Hbond substituents is 1. The Morgan fingerprint density at radius 2 is 1.67 bits per heavy atom. The Kier molecular flexibility index (Phi) is 6.15. The van der Waals surface area contributed by atoms with Gasteiger partial charge in [0, 0.05) is 11.3 Å². The first-order valence-electron chi connectivity index (χ1n) is 11.7. The third-order valence-electron chi connectivity index (χ3n) is 7.13. The van der Waals surface area contributed by atoms with Crippen LogP contribution in [0.5, 0.6) is 5.75 Å². The second-order valence-electron chi connectivity index (χ2n) is 9.28. The number of carbonyl (C=O) groups excluding carboxylic acids is 2. The predicted molar refractivity (Wildman–Crippen MR) is 130 cm³/mol. The minimum atomic E-state index is -0.811. The molecule has 1 saturated heterocycles. The number of ether oxygens (including phenoxy) is 1. The summed E-state index contributed by atoms with van der Waals surface area (Å²) in [6, 6.07) is 21.2. The van der Waals surface area contributed by atoms with E-state index >= 15 is 0 Å². The number of phenols is 1. The molecule has 1 aliphatic carbocycles. The van der Waals surface area contributed by atoms with E-state index in [1.54, 1.807) is 12.1 Å². The number of hydrogen-bond acceptors (Lipinski definition) is 5. The van der Waals surface area contributed by atoms with E-state index in [1.807, 2.05) is 54.6 Å². The molecule has 2 atom stereocenters. The van der Waals surface area contributed by atoms with Crippen LogP contribution in [0.3, 0.4) is 0 Å². The second kappa shape index (κ2) is 9.22. The Morgan fingerprint density at radius 1 is 0.939 bits per heavy atom. The fourth-order valence-electron chi connectivity index (χ4n) is 5.34. The minimum absolute atomic E-state index is 0.0259. The molecule has 3 aromatic rings. The summed E-state index contributed by atoms with van der Waals surface area (Å²) in [5.41, 5.74) is 0.351. The summed E-state index contributed by atoms with van der Waals surface area (Å²) in [5.74, 6) is 0.0373. The molecular weight excluding hydrogens is 432 g/mol. The monoisotopic (exact) mass is 460 g/mol. The molecule has 1 heterocycles. The summed E-state index contributed by atoms with van der Waals surface area (Å²) in [7, 11) is 0. The smallest absolute Gasteiger partial charge is 0.327 e. The van der Waals surface area contributed by atoms with E-state index in [2.05, 4.69) is 0 Å². The Bertz CT molecular complexity index is 1150. The molecule has 1 N–H and O–H groups in total. The topological polar surface area (TPSA) is 63.6 Å². The molecule has 5 heteroatoms. The van der Waals surface area contributed by atoms with Crippen molar-refractivity contribution < 1.29 is 19.4 Å². The lowest BCUT2D eigenvalue weighted by molar-refractivity contribution is -0.177.